The number of nitrogens with zero attached hydrogens (tertiary/aromatic N) is 2. The Balaban J connectivity index is 1.62. The van der Waals surface area contributed by atoms with Crippen molar-refractivity contribution in [3.63, 3.8) is 0 Å². The van der Waals surface area contributed by atoms with E-state index >= 15 is 0 Å². The maximum absolute atomic E-state index is 4.33. The SMILES string of the molecule is CSCc1ccccc1C#CCCNc1ncnc2ccccc12. The van der Waals surface area contributed by atoms with E-state index in [-0.39, 0.29) is 0 Å². The van der Waals surface area contributed by atoms with E-state index in [0.717, 1.165) is 41.0 Å². The molecule has 2 aromatic carbocycles. The normalized spacial score (nSPS) is 10.2. The molecule has 0 aliphatic carbocycles. The average molecular weight is 333 g/mol. The fraction of sp³-hybridized carbons (Fsp3) is 0.200. The minimum atomic E-state index is 0.763. The minimum absolute atomic E-state index is 0.763. The maximum atomic E-state index is 4.33. The lowest BCUT2D eigenvalue weighted by molar-refractivity contribution is 1.07. The lowest BCUT2D eigenvalue weighted by atomic mass is 10.1. The van der Waals surface area contributed by atoms with Gasteiger partial charge in [-0.3, -0.25) is 0 Å². The Morgan fingerprint density at radius 1 is 1.04 bits per heavy atom. The average Bonchev–Trinajstić information content (AvgIpc) is 2.63. The number of fused-ring (bicyclic) bond motifs is 1. The molecule has 3 rings (SSSR count). The number of thioether (sulfide) groups is 1. The van der Waals surface area contributed by atoms with Gasteiger partial charge in [0, 0.05) is 29.7 Å². The van der Waals surface area contributed by atoms with Crippen LogP contribution in [0.25, 0.3) is 10.9 Å². The molecular weight excluding hydrogens is 314 g/mol. The number of benzene rings is 2. The summed E-state index contributed by atoms with van der Waals surface area (Å²) in [6.07, 6.45) is 4.47. The van der Waals surface area contributed by atoms with Crippen molar-refractivity contribution in [2.75, 3.05) is 18.1 Å². The zero-order chi connectivity index (χ0) is 16.6. The van der Waals surface area contributed by atoms with Crippen LogP contribution in [0.3, 0.4) is 0 Å². The molecule has 1 aromatic heterocycles. The van der Waals surface area contributed by atoms with E-state index in [0.29, 0.717) is 0 Å². The van der Waals surface area contributed by atoms with Crippen molar-refractivity contribution in [3.8, 4) is 11.8 Å². The summed E-state index contributed by atoms with van der Waals surface area (Å²) in [5.41, 5.74) is 3.37. The molecule has 0 atom stereocenters. The van der Waals surface area contributed by atoms with Crippen molar-refractivity contribution in [2.24, 2.45) is 0 Å². The second kappa shape index (κ2) is 8.37. The van der Waals surface area contributed by atoms with Crippen LogP contribution in [0, 0.1) is 11.8 Å². The van der Waals surface area contributed by atoms with Crippen LogP contribution < -0.4 is 5.32 Å². The predicted molar refractivity (Wildman–Crippen MR) is 103 cm³/mol. The Morgan fingerprint density at radius 3 is 2.79 bits per heavy atom. The van der Waals surface area contributed by atoms with E-state index < -0.39 is 0 Å². The van der Waals surface area contributed by atoms with Crippen molar-refractivity contribution in [3.05, 3.63) is 66.0 Å². The van der Waals surface area contributed by atoms with Crippen molar-refractivity contribution in [1.82, 2.24) is 9.97 Å². The molecule has 0 bridgehead atoms. The van der Waals surface area contributed by atoms with Gasteiger partial charge in [-0.25, -0.2) is 9.97 Å². The zero-order valence-electron chi connectivity index (χ0n) is 13.6. The van der Waals surface area contributed by atoms with E-state index in [1.165, 1.54) is 5.56 Å². The Bertz CT molecular complexity index is 875. The fourth-order valence-electron chi connectivity index (χ4n) is 2.47. The smallest absolute Gasteiger partial charge is 0.137 e. The van der Waals surface area contributed by atoms with Crippen LogP contribution in [0.2, 0.25) is 0 Å². The van der Waals surface area contributed by atoms with Crippen LogP contribution in [0.1, 0.15) is 17.5 Å². The molecular formula is C20H19N3S. The standard InChI is InChI=1S/C20H19N3S/c1-24-14-17-10-3-2-8-16(17)9-6-7-13-21-20-18-11-4-5-12-19(18)22-15-23-20/h2-5,8,10-12,15H,7,13-14H2,1H3,(H,21,22,23). The maximum Gasteiger partial charge on any atom is 0.137 e. The molecule has 0 saturated heterocycles. The summed E-state index contributed by atoms with van der Waals surface area (Å²) in [5.74, 6) is 8.40. The molecule has 24 heavy (non-hydrogen) atoms. The lowest BCUT2D eigenvalue weighted by Gasteiger charge is -2.06. The summed E-state index contributed by atoms with van der Waals surface area (Å²) in [4.78, 5) is 8.60. The molecule has 1 heterocycles. The summed E-state index contributed by atoms with van der Waals surface area (Å²) in [6, 6.07) is 16.3. The zero-order valence-corrected chi connectivity index (χ0v) is 14.4. The largest absolute Gasteiger partial charge is 0.368 e. The molecule has 0 amide bonds. The van der Waals surface area contributed by atoms with Gasteiger partial charge in [-0.2, -0.15) is 11.8 Å². The van der Waals surface area contributed by atoms with Crippen LogP contribution >= 0.6 is 11.8 Å². The second-order valence-electron chi connectivity index (χ2n) is 5.31. The van der Waals surface area contributed by atoms with Crippen molar-refractivity contribution >= 4 is 28.5 Å². The summed E-state index contributed by atoms with van der Waals surface area (Å²) in [7, 11) is 0. The number of rotatable bonds is 5. The molecule has 1 N–H and O–H groups in total. The first-order valence-electron chi connectivity index (χ1n) is 7.88. The highest BCUT2D eigenvalue weighted by molar-refractivity contribution is 7.97. The first kappa shape index (κ1) is 16.4. The topological polar surface area (TPSA) is 37.8 Å². The number of para-hydroxylation sites is 1. The Morgan fingerprint density at radius 2 is 1.88 bits per heavy atom. The van der Waals surface area contributed by atoms with E-state index in [2.05, 4.69) is 51.6 Å². The van der Waals surface area contributed by atoms with E-state index in [1.54, 1.807) is 6.33 Å². The molecule has 3 aromatic rings. The molecule has 0 unspecified atom stereocenters. The third kappa shape index (κ3) is 4.06. The van der Waals surface area contributed by atoms with E-state index in [1.807, 2.05) is 42.1 Å². The first-order valence-corrected chi connectivity index (χ1v) is 9.27. The summed E-state index contributed by atoms with van der Waals surface area (Å²) in [5, 5.41) is 4.40. The molecule has 0 saturated carbocycles. The Kier molecular flexibility index (Phi) is 5.70. The van der Waals surface area contributed by atoms with Gasteiger partial charge in [0.05, 0.1) is 5.52 Å². The fourth-order valence-corrected chi connectivity index (χ4v) is 3.03. The van der Waals surface area contributed by atoms with Gasteiger partial charge in [0.2, 0.25) is 0 Å². The third-order valence-electron chi connectivity index (χ3n) is 3.63. The molecule has 0 fully saturated rings. The van der Waals surface area contributed by atoms with Crippen LogP contribution in [0.5, 0.6) is 0 Å². The molecule has 120 valence electrons. The predicted octanol–water partition coefficient (Wildman–Crippen LogP) is 4.35. The highest BCUT2D eigenvalue weighted by Crippen LogP contribution is 2.18. The van der Waals surface area contributed by atoms with Gasteiger partial charge in [0.15, 0.2) is 0 Å². The van der Waals surface area contributed by atoms with Gasteiger partial charge < -0.3 is 5.32 Å². The van der Waals surface area contributed by atoms with Crippen molar-refractivity contribution in [2.45, 2.75) is 12.2 Å². The molecule has 0 spiro atoms. The molecule has 0 radical (unpaired) electrons. The van der Waals surface area contributed by atoms with Gasteiger partial charge >= 0.3 is 0 Å². The van der Waals surface area contributed by atoms with Gasteiger partial charge in [-0.1, -0.05) is 42.2 Å². The second-order valence-corrected chi connectivity index (χ2v) is 6.17. The molecule has 0 aliphatic heterocycles. The van der Waals surface area contributed by atoms with Gasteiger partial charge in [-0.05, 0) is 30.0 Å². The van der Waals surface area contributed by atoms with Crippen LogP contribution in [0.15, 0.2) is 54.9 Å². The molecule has 3 nitrogen and oxygen atoms in total. The monoisotopic (exact) mass is 333 g/mol. The first-order chi connectivity index (χ1) is 11.9. The summed E-state index contributed by atoms with van der Waals surface area (Å²) >= 11 is 1.82. The van der Waals surface area contributed by atoms with Gasteiger partial charge in [0.1, 0.15) is 12.1 Å². The van der Waals surface area contributed by atoms with Crippen LogP contribution in [0.4, 0.5) is 5.82 Å². The van der Waals surface area contributed by atoms with Crippen molar-refractivity contribution < 1.29 is 0 Å². The molecule has 4 heteroatoms. The number of hydrogen-bond acceptors (Lipinski definition) is 4. The van der Waals surface area contributed by atoms with Crippen LogP contribution in [-0.4, -0.2) is 22.8 Å². The molecule has 0 aliphatic rings. The highest BCUT2D eigenvalue weighted by Gasteiger charge is 2.01. The number of aromatic nitrogens is 2. The minimum Gasteiger partial charge on any atom is -0.368 e. The van der Waals surface area contributed by atoms with E-state index in [4.69, 9.17) is 0 Å². The quantitative estimate of drug-likeness (QED) is 0.556. The van der Waals surface area contributed by atoms with Gasteiger partial charge in [0.25, 0.3) is 0 Å². The number of nitrogens with one attached hydrogen (secondary N) is 1. The lowest BCUT2D eigenvalue weighted by Crippen LogP contribution is -2.03. The summed E-state index contributed by atoms with van der Waals surface area (Å²) < 4.78 is 0. The number of anilines is 1. The van der Waals surface area contributed by atoms with Crippen LogP contribution in [-0.2, 0) is 5.75 Å². The number of hydrogen-bond donors (Lipinski definition) is 1. The third-order valence-corrected chi connectivity index (χ3v) is 4.23. The van der Waals surface area contributed by atoms with Crippen molar-refractivity contribution in [1.29, 1.82) is 0 Å². The summed E-state index contributed by atoms with van der Waals surface area (Å²) in [6.45, 7) is 0.763. The Hall–Kier alpha value is -2.51. The van der Waals surface area contributed by atoms with E-state index in [9.17, 15) is 0 Å². The van der Waals surface area contributed by atoms with Gasteiger partial charge in [-0.15, -0.1) is 0 Å². The highest BCUT2D eigenvalue weighted by atomic mass is 32.2. The Labute approximate surface area is 146 Å².